The first-order valence-corrected chi connectivity index (χ1v) is 14.7. The summed E-state index contributed by atoms with van der Waals surface area (Å²) in [5.41, 5.74) is 3.70. The van der Waals surface area contributed by atoms with Crippen LogP contribution >= 0.6 is 0 Å². The van der Waals surface area contributed by atoms with Gasteiger partial charge >= 0.3 is 0 Å². The fraction of sp³-hybridized carbons (Fsp3) is 0.531. The molecule has 1 aliphatic carbocycles. The quantitative estimate of drug-likeness (QED) is 0.425. The van der Waals surface area contributed by atoms with Gasteiger partial charge in [0.25, 0.3) is 0 Å². The van der Waals surface area contributed by atoms with E-state index < -0.39 is 18.1 Å². The molecule has 2 aromatic carbocycles. The fourth-order valence-electron chi connectivity index (χ4n) is 5.74. The second kappa shape index (κ2) is 13.9. The predicted molar refractivity (Wildman–Crippen MR) is 158 cm³/mol. The Morgan fingerprint density at radius 1 is 0.975 bits per heavy atom. The average Bonchev–Trinajstić information content (AvgIpc) is 2.98. The molecule has 8 nitrogen and oxygen atoms in total. The van der Waals surface area contributed by atoms with Gasteiger partial charge in [0.15, 0.2) is 0 Å². The third-order valence-corrected chi connectivity index (χ3v) is 8.35. The molecule has 0 saturated carbocycles. The molecule has 3 amide bonds. The van der Waals surface area contributed by atoms with Crippen LogP contribution in [0.2, 0.25) is 0 Å². The standard InChI is InChI=1S/C32H45N5O3/c1-22(2)29(35-30(38)23(3)33-4)32(40)37-20-19-36(18-17-24-11-6-5-7-12-24)21-28(37)31(39)34-27-16-10-14-25-13-8-9-15-26(25)27/h5-9,11-13,15,22-23,27-29,33H,10,14,16-21H2,1-4H3,(H,34,39)(H,35,38)/t23-,27?,28-,29-/m0/s1. The summed E-state index contributed by atoms with van der Waals surface area (Å²) in [5, 5.41) is 9.18. The third-order valence-electron chi connectivity index (χ3n) is 8.35. The molecule has 2 aliphatic rings. The molecule has 1 aliphatic heterocycles. The zero-order valence-electron chi connectivity index (χ0n) is 24.4. The van der Waals surface area contributed by atoms with Crippen molar-refractivity contribution in [3.05, 3.63) is 71.3 Å². The Morgan fingerprint density at radius 3 is 2.42 bits per heavy atom. The van der Waals surface area contributed by atoms with E-state index in [4.69, 9.17) is 0 Å². The van der Waals surface area contributed by atoms with E-state index in [-0.39, 0.29) is 29.7 Å². The third kappa shape index (κ3) is 7.29. The molecule has 0 radical (unpaired) electrons. The number of fused-ring (bicyclic) bond motifs is 1. The molecule has 2 aromatic rings. The van der Waals surface area contributed by atoms with Crippen molar-refractivity contribution in [2.45, 2.75) is 70.6 Å². The molecular formula is C32H45N5O3. The van der Waals surface area contributed by atoms with Crippen molar-refractivity contribution in [3.63, 3.8) is 0 Å². The number of benzene rings is 2. The summed E-state index contributed by atoms with van der Waals surface area (Å²) in [6.07, 6.45) is 3.80. The van der Waals surface area contributed by atoms with Gasteiger partial charge in [-0.15, -0.1) is 0 Å². The van der Waals surface area contributed by atoms with Gasteiger partial charge < -0.3 is 20.9 Å². The Kier molecular flexibility index (Phi) is 10.3. The molecule has 3 N–H and O–H groups in total. The van der Waals surface area contributed by atoms with Crippen molar-refractivity contribution >= 4 is 17.7 Å². The highest BCUT2D eigenvalue weighted by Crippen LogP contribution is 2.30. The molecule has 0 spiro atoms. The van der Waals surface area contributed by atoms with E-state index in [1.807, 2.05) is 44.2 Å². The molecule has 8 heteroatoms. The van der Waals surface area contributed by atoms with Crippen LogP contribution in [0.4, 0.5) is 0 Å². The summed E-state index contributed by atoms with van der Waals surface area (Å²) in [4.78, 5) is 44.6. The van der Waals surface area contributed by atoms with Gasteiger partial charge in [0.1, 0.15) is 12.1 Å². The number of amides is 3. The molecule has 1 fully saturated rings. The maximum absolute atomic E-state index is 14.0. The largest absolute Gasteiger partial charge is 0.347 e. The summed E-state index contributed by atoms with van der Waals surface area (Å²) < 4.78 is 0. The number of nitrogens with zero attached hydrogens (tertiary/aromatic N) is 2. The van der Waals surface area contributed by atoms with E-state index in [9.17, 15) is 14.4 Å². The first-order chi connectivity index (χ1) is 19.3. The SMILES string of the molecule is CN[C@@H](C)C(=O)N[C@H](C(=O)N1CCN(CCc2ccccc2)C[C@H]1C(=O)NC1CCCc2ccccc21)C(C)C. The van der Waals surface area contributed by atoms with Gasteiger partial charge in [-0.2, -0.15) is 0 Å². The maximum atomic E-state index is 14.0. The van der Waals surface area contributed by atoms with E-state index in [0.717, 1.165) is 32.2 Å². The van der Waals surface area contributed by atoms with Gasteiger partial charge in [0, 0.05) is 26.2 Å². The molecule has 40 heavy (non-hydrogen) atoms. The lowest BCUT2D eigenvalue weighted by atomic mass is 9.87. The van der Waals surface area contributed by atoms with Crippen LogP contribution in [0.15, 0.2) is 54.6 Å². The number of hydrogen-bond donors (Lipinski definition) is 3. The number of rotatable bonds is 10. The number of carbonyl (C=O) groups excluding carboxylic acids is 3. The van der Waals surface area contributed by atoms with E-state index in [1.54, 1.807) is 18.9 Å². The van der Waals surface area contributed by atoms with Crippen molar-refractivity contribution in [1.29, 1.82) is 0 Å². The number of carbonyl (C=O) groups is 3. The summed E-state index contributed by atoms with van der Waals surface area (Å²) in [5.74, 6) is -0.670. The Labute approximate surface area is 238 Å². The van der Waals surface area contributed by atoms with Gasteiger partial charge in [-0.05, 0) is 62.3 Å². The van der Waals surface area contributed by atoms with E-state index in [0.29, 0.717) is 19.6 Å². The minimum absolute atomic E-state index is 0.0637. The molecular weight excluding hydrogens is 502 g/mol. The van der Waals surface area contributed by atoms with Gasteiger partial charge in [-0.3, -0.25) is 19.3 Å². The van der Waals surface area contributed by atoms with Crippen LogP contribution in [0.25, 0.3) is 0 Å². The first kappa shape index (κ1) is 29.7. The van der Waals surface area contributed by atoms with E-state index in [2.05, 4.69) is 45.1 Å². The highest BCUT2D eigenvalue weighted by Gasteiger charge is 2.40. The van der Waals surface area contributed by atoms with Crippen molar-refractivity contribution < 1.29 is 14.4 Å². The van der Waals surface area contributed by atoms with Gasteiger partial charge in [0.2, 0.25) is 17.7 Å². The summed E-state index contributed by atoms with van der Waals surface area (Å²) in [7, 11) is 1.72. The number of piperazine rings is 1. The Balaban J connectivity index is 1.53. The fourth-order valence-corrected chi connectivity index (χ4v) is 5.74. The van der Waals surface area contributed by atoms with Crippen molar-refractivity contribution in [2.75, 3.05) is 33.2 Å². The normalized spacial score (nSPS) is 20.9. The van der Waals surface area contributed by atoms with Crippen LogP contribution in [-0.4, -0.2) is 78.9 Å². The second-order valence-electron chi connectivity index (χ2n) is 11.5. The second-order valence-corrected chi connectivity index (χ2v) is 11.5. The molecule has 0 bridgehead atoms. The highest BCUT2D eigenvalue weighted by molar-refractivity contribution is 5.93. The minimum atomic E-state index is -0.704. The number of nitrogens with one attached hydrogen (secondary N) is 3. The van der Waals surface area contributed by atoms with Crippen molar-refractivity contribution in [1.82, 2.24) is 25.8 Å². The Bertz CT molecular complexity index is 1150. The summed E-state index contributed by atoms with van der Waals surface area (Å²) in [6.45, 7) is 8.01. The number of hydrogen-bond acceptors (Lipinski definition) is 5. The molecule has 216 valence electrons. The molecule has 1 heterocycles. The number of aryl methyl sites for hydroxylation is 1. The smallest absolute Gasteiger partial charge is 0.246 e. The number of likely N-dealkylation sites (N-methyl/N-ethyl adjacent to an activating group) is 1. The zero-order valence-corrected chi connectivity index (χ0v) is 24.4. The Morgan fingerprint density at radius 2 is 1.70 bits per heavy atom. The molecule has 4 atom stereocenters. The lowest BCUT2D eigenvalue weighted by Crippen LogP contribution is -2.65. The first-order valence-electron chi connectivity index (χ1n) is 14.7. The predicted octanol–water partition coefficient (Wildman–Crippen LogP) is 2.68. The Hall–Kier alpha value is -3.23. The van der Waals surface area contributed by atoms with E-state index >= 15 is 0 Å². The lowest BCUT2D eigenvalue weighted by molar-refractivity contribution is -0.148. The van der Waals surface area contributed by atoms with Gasteiger partial charge in [0.05, 0.1) is 12.1 Å². The summed E-state index contributed by atoms with van der Waals surface area (Å²) >= 11 is 0. The topological polar surface area (TPSA) is 93.8 Å². The van der Waals surface area contributed by atoms with Crippen LogP contribution in [0.1, 0.15) is 56.3 Å². The maximum Gasteiger partial charge on any atom is 0.246 e. The molecule has 1 unspecified atom stereocenters. The monoisotopic (exact) mass is 547 g/mol. The van der Waals surface area contributed by atoms with Crippen molar-refractivity contribution in [2.24, 2.45) is 5.92 Å². The molecule has 0 aromatic heterocycles. The van der Waals surface area contributed by atoms with Crippen molar-refractivity contribution in [3.8, 4) is 0 Å². The molecule has 1 saturated heterocycles. The lowest BCUT2D eigenvalue weighted by Gasteiger charge is -2.43. The van der Waals surface area contributed by atoms with Crippen LogP contribution < -0.4 is 16.0 Å². The average molecular weight is 548 g/mol. The minimum Gasteiger partial charge on any atom is -0.347 e. The molecule has 4 rings (SSSR count). The zero-order chi connectivity index (χ0) is 28.6. The van der Waals surface area contributed by atoms with Gasteiger partial charge in [-0.1, -0.05) is 68.4 Å². The highest BCUT2D eigenvalue weighted by atomic mass is 16.2. The van der Waals surface area contributed by atoms with Crippen LogP contribution in [0, 0.1) is 5.92 Å². The summed E-state index contributed by atoms with van der Waals surface area (Å²) in [6, 6.07) is 16.8. The van der Waals surface area contributed by atoms with Crippen LogP contribution in [0.5, 0.6) is 0 Å². The van der Waals surface area contributed by atoms with Gasteiger partial charge in [-0.25, -0.2) is 0 Å². The van der Waals surface area contributed by atoms with E-state index in [1.165, 1.54) is 16.7 Å². The van der Waals surface area contributed by atoms with Crippen LogP contribution in [-0.2, 0) is 27.2 Å². The van der Waals surface area contributed by atoms with Crippen LogP contribution in [0.3, 0.4) is 0 Å².